The molecular weight excluding hydrogens is 536 g/mol. The van der Waals surface area contributed by atoms with Crippen LogP contribution < -0.4 is 20.1 Å². The van der Waals surface area contributed by atoms with E-state index in [0.717, 1.165) is 43.8 Å². The summed E-state index contributed by atoms with van der Waals surface area (Å²) in [5.41, 5.74) is 1.45. The number of methoxy groups -OCH3 is 1. The summed E-state index contributed by atoms with van der Waals surface area (Å²) in [6, 6.07) is 14.0. The molecule has 1 saturated heterocycles. The number of ether oxygens (including phenoxy) is 3. The Morgan fingerprint density at radius 3 is 2.21 bits per heavy atom. The highest BCUT2D eigenvalue weighted by atomic mass is 16.5. The van der Waals surface area contributed by atoms with Gasteiger partial charge in [0.25, 0.3) is 11.7 Å². The lowest BCUT2D eigenvalue weighted by atomic mass is 9.86. The number of benzene rings is 3. The minimum atomic E-state index is -0.824. The number of hydrogen-bond acceptors (Lipinski definition) is 7. The number of morpholine rings is 1. The Bertz CT molecular complexity index is 1460. The Morgan fingerprint density at radius 1 is 0.952 bits per heavy atom. The molecule has 1 heterocycles. The maximum Gasteiger partial charge on any atom is 0.321 e. The molecule has 2 N–H and O–H groups in total. The van der Waals surface area contributed by atoms with Crippen molar-refractivity contribution in [1.29, 1.82) is 0 Å². The van der Waals surface area contributed by atoms with Gasteiger partial charge in [0.1, 0.15) is 12.4 Å². The number of Topliss-reactive ketones (excluding diaryl/α,β-unsaturated/α-hetero) is 1. The van der Waals surface area contributed by atoms with Gasteiger partial charge < -0.3 is 29.7 Å². The zero-order chi connectivity index (χ0) is 30.4. The molecule has 0 unspecified atom stereocenters. The third kappa shape index (κ3) is 7.18. The smallest absolute Gasteiger partial charge is 0.321 e. The van der Waals surface area contributed by atoms with E-state index >= 15 is 0 Å². The van der Waals surface area contributed by atoms with Crippen molar-refractivity contribution < 1.29 is 28.6 Å². The molecule has 3 aromatic rings. The Kier molecular flexibility index (Phi) is 9.70. The Hall–Kier alpha value is -4.15. The molecule has 3 aromatic carbocycles. The van der Waals surface area contributed by atoms with E-state index in [1.807, 2.05) is 45.0 Å². The van der Waals surface area contributed by atoms with Crippen LogP contribution in [0.15, 0.2) is 48.5 Å². The van der Waals surface area contributed by atoms with Crippen LogP contribution in [0.3, 0.4) is 0 Å². The highest BCUT2D eigenvalue weighted by Gasteiger charge is 2.25. The van der Waals surface area contributed by atoms with E-state index in [2.05, 4.69) is 15.5 Å². The molecule has 4 rings (SSSR count). The second kappa shape index (κ2) is 13.2. The second-order valence-corrected chi connectivity index (χ2v) is 11.4. The van der Waals surface area contributed by atoms with Gasteiger partial charge in [0.15, 0.2) is 5.75 Å². The molecule has 0 spiro atoms. The predicted octanol–water partition coefficient (Wildman–Crippen LogP) is 4.77. The zero-order valence-corrected chi connectivity index (χ0v) is 25.2. The molecule has 0 aromatic heterocycles. The van der Waals surface area contributed by atoms with Gasteiger partial charge in [0.2, 0.25) is 0 Å². The first-order chi connectivity index (χ1) is 20.0. The first-order valence-electron chi connectivity index (χ1n) is 14.0. The first-order valence-corrected chi connectivity index (χ1v) is 14.0. The van der Waals surface area contributed by atoms with Crippen molar-refractivity contribution in [3.8, 4) is 11.5 Å². The largest absolute Gasteiger partial charge is 0.492 e. The van der Waals surface area contributed by atoms with Crippen molar-refractivity contribution in [2.24, 2.45) is 0 Å². The molecule has 0 radical (unpaired) electrons. The predicted molar refractivity (Wildman–Crippen MR) is 164 cm³/mol. The van der Waals surface area contributed by atoms with Gasteiger partial charge in [-0.3, -0.25) is 14.5 Å². The molecule has 0 bridgehead atoms. The first kappa shape index (κ1) is 30.8. The summed E-state index contributed by atoms with van der Waals surface area (Å²) in [5, 5.41) is 6.93. The maximum atomic E-state index is 13.5. The lowest BCUT2D eigenvalue weighted by Crippen LogP contribution is -2.38. The summed E-state index contributed by atoms with van der Waals surface area (Å²) in [7, 11) is 4.70. The van der Waals surface area contributed by atoms with Gasteiger partial charge in [-0.25, -0.2) is 4.79 Å². The van der Waals surface area contributed by atoms with E-state index < -0.39 is 11.7 Å². The molecule has 1 aliphatic heterocycles. The van der Waals surface area contributed by atoms with Crippen LogP contribution in [-0.4, -0.2) is 88.2 Å². The van der Waals surface area contributed by atoms with Crippen molar-refractivity contribution >= 4 is 39.9 Å². The average Bonchev–Trinajstić information content (AvgIpc) is 2.96. The average molecular weight is 577 g/mol. The van der Waals surface area contributed by atoms with E-state index in [4.69, 9.17) is 14.2 Å². The summed E-state index contributed by atoms with van der Waals surface area (Å²) >= 11 is 0. The van der Waals surface area contributed by atoms with E-state index in [-0.39, 0.29) is 28.4 Å². The van der Waals surface area contributed by atoms with E-state index in [9.17, 15) is 14.4 Å². The number of carbonyl (C=O) groups is 3. The van der Waals surface area contributed by atoms with Crippen molar-refractivity contribution in [2.45, 2.75) is 26.2 Å². The molecule has 3 amide bonds. The van der Waals surface area contributed by atoms with Crippen LogP contribution in [0.4, 0.5) is 16.2 Å². The fourth-order valence-electron chi connectivity index (χ4n) is 4.70. The molecular formula is C32H40N4O6. The van der Waals surface area contributed by atoms with Crippen molar-refractivity contribution in [2.75, 3.05) is 71.3 Å². The van der Waals surface area contributed by atoms with Crippen LogP contribution in [0.1, 0.15) is 36.7 Å². The lowest BCUT2D eigenvalue weighted by Gasteiger charge is -2.26. The zero-order valence-electron chi connectivity index (χ0n) is 25.2. The number of urea groups is 1. The van der Waals surface area contributed by atoms with E-state index in [0.29, 0.717) is 23.4 Å². The molecule has 10 heteroatoms. The van der Waals surface area contributed by atoms with Gasteiger partial charge in [-0.1, -0.05) is 45.0 Å². The standard InChI is InChI=1S/C32H40N4O6/c1-32(2,3)21-19-25(29(40-6)26(20-21)34-31(39)35(4)5)33-30(38)28(37)24-11-12-27(23-10-8-7-9-22(23)24)42-18-15-36-13-16-41-17-14-36/h7-12,19-20H,13-18H2,1-6H3,(H,33,38)(H,34,39). The molecule has 42 heavy (non-hydrogen) atoms. The Morgan fingerprint density at radius 2 is 1.60 bits per heavy atom. The number of hydrogen-bond donors (Lipinski definition) is 2. The number of carbonyl (C=O) groups excluding carboxylic acids is 3. The molecule has 224 valence electrons. The number of nitrogens with one attached hydrogen (secondary N) is 2. The van der Waals surface area contributed by atoms with Gasteiger partial charge in [0, 0.05) is 44.7 Å². The van der Waals surface area contributed by atoms with Crippen LogP contribution in [0.25, 0.3) is 10.8 Å². The van der Waals surface area contributed by atoms with Gasteiger partial charge in [-0.05, 0) is 40.6 Å². The summed E-state index contributed by atoms with van der Waals surface area (Å²) < 4.78 is 17.1. The number of amides is 3. The second-order valence-electron chi connectivity index (χ2n) is 11.4. The monoisotopic (exact) mass is 576 g/mol. The number of rotatable bonds is 9. The third-order valence-corrected chi connectivity index (χ3v) is 7.16. The minimum absolute atomic E-state index is 0.244. The number of anilines is 2. The summed E-state index contributed by atoms with van der Waals surface area (Å²) in [6.07, 6.45) is 0. The molecule has 1 fully saturated rings. The van der Waals surface area contributed by atoms with E-state index in [1.54, 1.807) is 38.4 Å². The topological polar surface area (TPSA) is 109 Å². The van der Waals surface area contributed by atoms with Crippen LogP contribution in [0, 0.1) is 0 Å². The fraction of sp³-hybridized carbons (Fsp3) is 0.406. The molecule has 10 nitrogen and oxygen atoms in total. The quantitative estimate of drug-likeness (QED) is 0.279. The van der Waals surface area contributed by atoms with Gasteiger partial charge in [0.05, 0.1) is 31.7 Å². The number of ketones is 1. The van der Waals surface area contributed by atoms with Crippen LogP contribution in [0.2, 0.25) is 0 Å². The molecule has 0 aliphatic carbocycles. The van der Waals surface area contributed by atoms with Crippen LogP contribution >= 0.6 is 0 Å². The van der Waals surface area contributed by atoms with Crippen LogP contribution in [-0.2, 0) is 14.9 Å². The number of nitrogens with zero attached hydrogens (tertiary/aromatic N) is 2. The lowest BCUT2D eigenvalue weighted by molar-refractivity contribution is -0.112. The minimum Gasteiger partial charge on any atom is -0.492 e. The van der Waals surface area contributed by atoms with Crippen molar-refractivity contribution in [3.05, 3.63) is 59.7 Å². The van der Waals surface area contributed by atoms with Gasteiger partial charge in [-0.2, -0.15) is 0 Å². The summed E-state index contributed by atoms with van der Waals surface area (Å²) in [6.45, 7) is 10.5. The third-order valence-electron chi connectivity index (χ3n) is 7.16. The van der Waals surface area contributed by atoms with Crippen molar-refractivity contribution in [1.82, 2.24) is 9.80 Å². The summed E-state index contributed by atoms with van der Waals surface area (Å²) in [5.74, 6) is -0.631. The van der Waals surface area contributed by atoms with Gasteiger partial charge in [-0.15, -0.1) is 0 Å². The maximum absolute atomic E-state index is 13.5. The van der Waals surface area contributed by atoms with Gasteiger partial charge >= 0.3 is 6.03 Å². The van der Waals surface area contributed by atoms with Crippen molar-refractivity contribution in [3.63, 3.8) is 0 Å². The Balaban J connectivity index is 1.60. The number of fused-ring (bicyclic) bond motifs is 1. The Labute approximate surface area is 246 Å². The molecule has 0 saturated carbocycles. The normalized spacial score (nSPS) is 13.9. The van der Waals surface area contributed by atoms with E-state index in [1.165, 1.54) is 12.0 Å². The fourth-order valence-corrected chi connectivity index (χ4v) is 4.70. The highest BCUT2D eigenvalue weighted by molar-refractivity contribution is 6.48. The SMILES string of the molecule is COc1c(NC(=O)C(=O)c2ccc(OCCN3CCOCC3)c3ccccc23)cc(C(C)(C)C)cc1NC(=O)N(C)C. The summed E-state index contributed by atoms with van der Waals surface area (Å²) in [4.78, 5) is 43.1. The van der Waals surface area contributed by atoms with Crippen LogP contribution in [0.5, 0.6) is 11.5 Å². The molecule has 0 atom stereocenters. The highest BCUT2D eigenvalue weighted by Crippen LogP contribution is 2.39. The molecule has 1 aliphatic rings.